The maximum absolute atomic E-state index is 11.8. The second-order valence-electron chi connectivity index (χ2n) is 5.43. The average molecular weight is 264 g/mol. The van der Waals surface area contributed by atoms with Crippen molar-refractivity contribution < 1.29 is 4.79 Å². The number of carbonyl (C=O) groups is 1. The molecule has 0 aliphatic carbocycles. The van der Waals surface area contributed by atoms with Gasteiger partial charge in [0.15, 0.2) is 5.11 Å². The number of amides is 1. The van der Waals surface area contributed by atoms with E-state index in [4.69, 9.17) is 12.2 Å². The van der Waals surface area contributed by atoms with Gasteiger partial charge in [0.05, 0.1) is 0 Å². The van der Waals surface area contributed by atoms with Gasteiger partial charge in [0.1, 0.15) is 0 Å². The van der Waals surface area contributed by atoms with E-state index < -0.39 is 5.41 Å². The molecule has 0 heterocycles. The molecule has 4 heteroatoms. The lowest BCUT2D eigenvalue weighted by Crippen LogP contribution is -2.41. The van der Waals surface area contributed by atoms with Crippen LogP contribution in [-0.2, 0) is 4.79 Å². The number of aryl methyl sites for hydroxylation is 2. The van der Waals surface area contributed by atoms with Crippen LogP contribution in [0.5, 0.6) is 0 Å². The van der Waals surface area contributed by atoms with Gasteiger partial charge in [-0.1, -0.05) is 39.0 Å². The maximum atomic E-state index is 11.8. The molecule has 1 aromatic rings. The predicted octanol–water partition coefficient (Wildman–Crippen LogP) is 3.16. The smallest absolute Gasteiger partial charge is 0.231 e. The highest BCUT2D eigenvalue weighted by Crippen LogP contribution is 2.19. The number of hydrogen-bond acceptors (Lipinski definition) is 2. The van der Waals surface area contributed by atoms with E-state index in [1.807, 2.05) is 52.8 Å². The summed E-state index contributed by atoms with van der Waals surface area (Å²) >= 11 is 5.16. The highest BCUT2D eigenvalue weighted by atomic mass is 32.1. The van der Waals surface area contributed by atoms with Gasteiger partial charge in [-0.3, -0.25) is 4.79 Å². The SMILES string of the molecule is Cc1cccc(C)c1NC(=S)NC(=O)C(C)(C)C. The number of thiocarbonyl (C=S) groups is 1. The van der Waals surface area contributed by atoms with Gasteiger partial charge in [-0.2, -0.15) is 0 Å². The Morgan fingerprint density at radius 1 is 1.17 bits per heavy atom. The van der Waals surface area contributed by atoms with E-state index in [1.165, 1.54) is 0 Å². The summed E-state index contributed by atoms with van der Waals surface area (Å²) in [5, 5.41) is 6.13. The molecule has 0 spiro atoms. The Balaban J connectivity index is 2.75. The van der Waals surface area contributed by atoms with Crippen LogP contribution in [0.1, 0.15) is 31.9 Å². The number of rotatable bonds is 1. The molecule has 0 aliphatic rings. The van der Waals surface area contributed by atoms with Crippen molar-refractivity contribution in [1.29, 1.82) is 0 Å². The van der Waals surface area contributed by atoms with E-state index in [0.717, 1.165) is 16.8 Å². The lowest BCUT2D eigenvalue weighted by atomic mass is 9.96. The second-order valence-corrected chi connectivity index (χ2v) is 5.83. The first-order valence-electron chi connectivity index (χ1n) is 5.90. The Bertz CT molecular complexity index is 455. The molecule has 0 aliphatic heterocycles. The minimum atomic E-state index is -0.452. The summed E-state index contributed by atoms with van der Waals surface area (Å²) in [5.41, 5.74) is 2.70. The number of para-hydroxylation sites is 1. The molecule has 18 heavy (non-hydrogen) atoms. The Labute approximate surface area is 114 Å². The molecular weight excluding hydrogens is 244 g/mol. The van der Waals surface area contributed by atoms with Crippen LogP contribution in [0, 0.1) is 19.3 Å². The van der Waals surface area contributed by atoms with Gasteiger partial charge in [0.25, 0.3) is 0 Å². The number of carbonyl (C=O) groups excluding carboxylic acids is 1. The molecule has 0 unspecified atom stereocenters. The zero-order valence-corrected chi connectivity index (χ0v) is 12.4. The van der Waals surface area contributed by atoms with E-state index >= 15 is 0 Å². The Morgan fingerprint density at radius 2 is 1.67 bits per heavy atom. The van der Waals surface area contributed by atoms with Crippen molar-refractivity contribution in [3.05, 3.63) is 29.3 Å². The number of nitrogens with one attached hydrogen (secondary N) is 2. The molecule has 0 saturated heterocycles. The van der Waals surface area contributed by atoms with E-state index in [0.29, 0.717) is 5.11 Å². The molecule has 1 rings (SSSR count). The molecule has 1 amide bonds. The van der Waals surface area contributed by atoms with Crippen molar-refractivity contribution in [2.75, 3.05) is 5.32 Å². The molecule has 2 N–H and O–H groups in total. The quantitative estimate of drug-likeness (QED) is 0.766. The van der Waals surface area contributed by atoms with Crippen LogP contribution in [0.3, 0.4) is 0 Å². The maximum Gasteiger partial charge on any atom is 0.231 e. The second kappa shape index (κ2) is 5.48. The zero-order valence-electron chi connectivity index (χ0n) is 11.5. The van der Waals surface area contributed by atoms with Crippen LogP contribution in [0.2, 0.25) is 0 Å². The normalized spacial score (nSPS) is 10.9. The fraction of sp³-hybridized carbons (Fsp3) is 0.429. The van der Waals surface area contributed by atoms with Crippen LogP contribution in [0.15, 0.2) is 18.2 Å². The van der Waals surface area contributed by atoms with Gasteiger partial charge in [-0.05, 0) is 37.2 Å². The van der Waals surface area contributed by atoms with Gasteiger partial charge in [0.2, 0.25) is 5.91 Å². The summed E-state index contributed by atoms with van der Waals surface area (Å²) in [6.45, 7) is 9.56. The minimum absolute atomic E-state index is 0.0914. The van der Waals surface area contributed by atoms with Crippen molar-refractivity contribution in [2.45, 2.75) is 34.6 Å². The van der Waals surface area contributed by atoms with Crippen molar-refractivity contribution in [3.8, 4) is 0 Å². The van der Waals surface area contributed by atoms with Crippen molar-refractivity contribution >= 4 is 28.9 Å². The van der Waals surface area contributed by atoms with E-state index in [-0.39, 0.29) is 5.91 Å². The summed E-state index contributed by atoms with van der Waals surface area (Å²) in [7, 11) is 0. The lowest BCUT2D eigenvalue weighted by Gasteiger charge is -2.19. The monoisotopic (exact) mass is 264 g/mol. The fourth-order valence-electron chi connectivity index (χ4n) is 1.45. The largest absolute Gasteiger partial charge is 0.332 e. The summed E-state index contributed by atoms with van der Waals surface area (Å²) < 4.78 is 0. The third-order valence-electron chi connectivity index (χ3n) is 2.63. The number of anilines is 1. The van der Waals surface area contributed by atoms with E-state index in [2.05, 4.69) is 10.6 Å². The third-order valence-corrected chi connectivity index (χ3v) is 2.83. The van der Waals surface area contributed by atoms with Crippen molar-refractivity contribution in [3.63, 3.8) is 0 Å². The Hall–Kier alpha value is -1.42. The van der Waals surface area contributed by atoms with Crippen LogP contribution in [0.4, 0.5) is 5.69 Å². The predicted molar refractivity (Wildman–Crippen MR) is 79.7 cm³/mol. The molecular formula is C14H20N2OS. The van der Waals surface area contributed by atoms with E-state index in [9.17, 15) is 4.79 Å². The first kappa shape index (κ1) is 14.6. The summed E-state index contributed by atoms with van der Waals surface area (Å²) in [6, 6.07) is 6.00. The zero-order chi connectivity index (χ0) is 13.9. The highest BCUT2D eigenvalue weighted by Gasteiger charge is 2.22. The number of hydrogen-bond donors (Lipinski definition) is 2. The van der Waals surface area contributed by atoms with E-state index in [1.54, 1.807) is 0 Å². The van der Waals surface area contributed by atoms with Crippen LogP contribution >= 0.6 is 12.2 Å². The summed E-state index contributed by atoms with van der Waals surface area (Å²) in [4.78, 5) is 11.8. The molecule has 1 aromatic carbocycles. The fourth-order valence-corrected chi connectivity index (χ4v) is 1.64. The van der Waals surface area contributed by atoms with Gasteiger partial charge in [0, 0.05) is 11.1 Å². The average Bonchev–Trinajstić information content (AvgIpc) is 2.22. The van der Waals surface area contributed by atoms with Crippen molar-refractivity contribution in [2.24, 2.45) is 5.41 Å². The molecule has 0 fully saturated rings. The standard InChI is InChI=1S/C14H20N2OS/c1-9-7-6-8-10(2)11(9)15-13(18)16-12(17)14(3,4)5/h6-8H,1-5H3,(H2,15,16,17,18). The van der Waals surface area contributed by atoms with Crippen molar-refractivity contribution in [1.82, 2.24) is 5.32 Å². The molecule has 0 bridgehead atoms. The topological polar surface area (TPSA) is 41.1 Å². The first-order chi connectivity index (χ1) is 8.21. The van der Waals surface area contributed by atoms with Gasteiger partial charge >= 0.3 is 0 Å². The molecule has 0 aromatic heterocycles. The molecule has 98 valence electrons. The number of benzene rings is 1. The summed E-state index contributed by atoms with van der Waals surface area (Å²) in [6.07, 6.45) is 0. The van der Waals surface area contributed by atoms with Gasteiger partial charge in [-0.15, -0.1) is 0 Å². The van der Waals surface area contributed by atoms with Crippen LogP contribution in [0.25, 0.3) is 0 Å². The van der Waals surface area contributed by atoms with Crippen LogP contribution in [-0.4, -0.2) is 11.0 Å². The minimum Gasteiger partial charge on any atom is -0.332 e. The Morgan fingerprint density at radius 3 is 2.11 bits per heavy atom. The lowest BCUT2D eigenvalue weighted by molar-refractivity contribution is -0.126. The molecule has 3 nitrogen and oxygen atoms in total. The molecule has 0 atom stereocenters. The molecule has 0 saturated carbocycles. The third kappa shape index (κ3) is 3.81. The highest BCUT2D eigenvalue weighted by molar-refractivity contribution is 7.80. The van der Waals surface area contributed by atoms with Crippen LogP contribution < -0.4 is 10.6 Å². The Kier molecular flexibility index (Phi) is 4.46. The van der Waals surface area contributed by atoms with Gasteiger partial charge < -0.3 is 10.6 Å². The summed E-state index contributed by atoms with van der Waals surface area (Å²) in [5.74, 6) is -0.0914. The molecule has 0 radical (unpaired) electrons. The van der Waals surface area contributed by atoms with Gasteiger partial charge in [-0.25, -0.2) is 0 Å². The first-order valence-corrected chi connectivity index (χ1v) is 6.31.